The normalized spacial score (nSPS) is 17.1. The fraction of sp³-hybridized carbons (Fsp3) is 0.545. The van der Waals surface area contributed by atoms with E-state index in [2.05, 4.69) is 82.1 Å². The van der Waals surface area contributed by atoms with Gasteiger partial charge in [0.1, 0.15) is 5.82 Å². The standard InChI is InChI=1S/C22H32N4/c1-7-16(4)23-21-24-19(15(2)3)12-20(25-21)26-13-17-10-8-9-11-18(17)22(5,6)14-26/h8-12,15-16H,7,13-14H2,1-6H3,(H,23,24,25)/t16-/m1/s1. The molecule has 0 unspecified atom stereocenters. The number of anilines is 2. The fourth-order valence-electron chi connectivity index (χ4n) is 3.60. The average Bonchev–Trinajstić information content (AvgIpc) is 2.60. The van der Waals surface area contributed by atoms with Gasteiger partial charge < -0.3 is 10.2 Å². The molecule has 0 saturated carbocycles. The Kier molecular flexibility index (Phi) is 5.22. The summed E-state index contributed by atoms with van der Waals surface area (Å²) in [6.45, 7) is 15.2. The summed E-state index contributed by atoms with van der Waals surface area (Å²) in [4.78, 5) is 12.0. The van der Waals surface area contributed by atoms with Crippen LogP contribution in [0.3, 0.4) is 0 Å². The van der Waals surface area contributed by atoms with Crippen molar-refractivity contribution in [3.05, 3.63) is 47.2 Å². The molecule has 1 aliphatic heterocycles. The van der Waals surface area contributed by atoms with Crippen molar-refractivity contribution < 1.29 is 0 Å². The molecule has 2 heterocycles. The van der Waals surface area contributed by atoms with Crippen LogP contribution in [0.5, 0.6) is 0 Å². The van der Waals surface area contributed by atoms with E-state index in [0.717, 1.165) is 37.0 Å². The summed E-state index contributed by atoms with van der Waals surface area (Å²) < 4.78 is 0. The van der Waals surface area contributed by atoms with Crippen LogP contribution in [0.25, 0.3) is 0 Å². The molecule has 4 heteroatoms. The van der Waals surface area contributed by atoms with E-state index in [-0.39, 0.29) is 5.41 Å². The highest BCUT2D eigenvalue weighted by Crippen LogP contribution is 2.35. The van der Waals surface area contributed by atoms with E-state index >= 15 is 0 Å². The van der Waals surface area contributed by atoms with Gasteiger partial charge in [0.05, 0.1) is 5.69 Å². The van der Waals surface area contributed by atoms with Crippen LogP contribution in [-0.4, -0.2) is 22.6 Å². The van der Waals surface area contributed by atoms with Gasteiger partial charge in [-0.25, -0.2) is 4.98 Å². The number of aromatic nitrogens is 2. The molecule has 0 fully saturated rings. The lowest BCUT2D eigenvalue weighted by molar-refractivity contribution is 0.474. The summed E-state index contributed by atoms with van der Waals surface area (Å²) in [5.41, 5.74) is 4.04. The second-order valence-corrected chi connectivity index (χ2v) is 8.48. The van der Waals surface area contributed by atoms with Gasteiger partial charge in [-0.1, -0.05) is 58.9 Å². The Hall–Kier alpha value is -2.10. The minimum absolute atomic E-state index is 0.0993. The van der Waals surface area contributed by atoms with Crippen molar-refractivity contribution in [3.8, 4) is 0 Å². The smallest absolute Gasteiger partial charge is 0.225 e. The predicted molar refractivity (Wildman–Crippen MR) is 110 cm³/mol. The molecule has 0 saturated heterocycles. The zero-order chi connectivity index (χ0) is 18.9. The van der Waals surface area contributed by atoms with E-state index in [1.54, 1.807) is 0 Å². The van der Waals surface area contributed by atoms with E-state index in [9.17, 15) is 0 Å². The maximum Gasteiger partial charge on any atom is 0.225 e. The first kappa shape index (κ1) is 18.7. The molecule has 1 aliphatic rings. The third-order valence-corrected chi connectivity index (χ3v) is 5.33. The van der Waals surface area contributed by atoms with Gasteiger partial charge in [0.2, 0.25) is 5.95 Å². The van der Waals surface area contributed by atoms with Crippen LogP contribution in [0.2, 0.25) is 0 Å². The number of fused-ring (bicyclic) bond motifs is 1. The molecule has 1 atom stereocenters. The van der Waals surface area contributed by atoms with E-state index in [0.29, 0.717) is 12.0 Å². The first-order chi connectivity index (χ1) is 12.3. The number of hydrogen-bond acceptors (Lipinski definition) is 4. The van der Waals surface area contributed by atoms with Gasteiger partial charge in [0.15, 0.2) is 0 Å². The third-order valence-electron chi connectivity index (χ3n) is 5.33. The molecule has 140 valence electrons. The van der Waals surface area contributed by atoms with Gasteiger partial charge in [0.25, 0.3) is 0 Å². The third kappa shape index (κ3) is 3.84. The molecule has 2 aromatic rings. The van der Waals surface area contributed by atoms with Crippen molar-refractivity contribution in [1.82, 2.24) is 9.97 Å². The van der Waals surface area contributed by atoms with E-state index in [1.807, 2.05) is 0 Å². The Morgan fingerprint density at radius 1 is 1.15 bits per heavy atom. The molecule has 4 nitrogen and oxygen atoms in total. The molecule has 1 aromatic carbocycles. The Balaban J connectivity index is 1.98. The molecule has 1 N–H and O–H groups in total. The predicted octanol–water partition coefficient (Wildman–Crippen LogP) is 5.11. The van der Waals surface area contributed by atoms with Crippen LogP contribution in [0.1, 0.15) is 70.7 Å². The zero-order valence-electron chi connectivity index (χ0n) is 17.0. The van der Waals surface area contributed by atoms with Crippen molar-refractivity contribution in [2.45, 2.75) is 71.9 Å². The van der Waals surface area contributed by atoms with Crippen molar-refractivity contribution in [2.24, 2.45) is 0 Å². The van der Waals surface area contributed by atoms with Crippen LogP contribution in [0.4, 0.5) is 11.8 Å². The van der Waals surface area contributed by atoms with E-state index in [4.69, 9.17) is 9.97 Å². The Labute approximate surface area is 158 Å². The summed E-state index contributed by atoms with van der Waals surface area (Å²) in [5.74, 6) is 2.15. The first-order valence-electron chi connectivity index (χ1n) is 9.79. The van der Waals surface area contributed by atoms with E-state index in [1.165, 1.54) is 11.1 Å². The summed E-state index contributed by atoms with van der Waals surface area (Å²) in [5, 5.41) is 3.46. The Morgan fingerprint density at radius 3 is 2.58 bits per heavy atom. The van der Waals surface area contributed by atoms with Gasteiger partial charge in [-0.3, -0.25) is 0 Å². The molecular weight excluding hydrogens is 320 g/mol. The number of rotatable bonds is 5. The van der Waals surface area contributed by atoms with Crippen molar-refractivity contribution in [1.29, 1.82) is 0 Å². The number of nitrogens with zero attached hydrogens (tertiary/aromatic N) is 3. The van der Waals surface area contributed by atoms with Crippen LogP contribution in [0, 0.1) is 0 Å². The van der Waals surface area contributed by atoms with Gasteiger partial charge in [0, 0.05) is 30.6 Å². The summed E-state index contributed by atoms with van der Waals surface area (Å²) in [6.07, 6.45) is 1.05. The van der Waals surface area contributed by atoms with Gasteiger partial charge in [-0.2, -0.15) is 4.98 Å². The van der Waals surface area contributed by atoms with Crippen molar-refractivity contribution in [2.75, 3.05) is 16.8 Å². The first-order valence-corrected chi connectivity index (χ1v) is 9.79. The SMILES string of the molecule is CC[C@@H](C)Nc1nc(C(C)C)cc(N2Cc3ccccc3C(C)(C)C2)n1. The fourth-order valence-corrected chi connectivity index (χ4v) is 3.60. The molecule has 0 aliphatic carbocycles. The number of nitrogens with one attached hydrogen (secondary N) is 1. The molecule has 1 aromatic heterocycles. The number of benzene rings is 1. The summed E-state index contributed by atoms with van der Waals surface area (Å²) in [7, 11) is 0. The van der Waals surface area contributed by atoms with Gasteiger partial charge in [-0.15, -0.1) is 0 Å². The Morgan fingerprint density at radius 2 is 1.88 bits per heavy atom. The van der Waals surface area contributed by atoms with E-state index < -0.39 is 0 Å². The lowest BCUT2D eigenvalue weighted by Gasteiger charge is -2.40. The topological polar surface area (TPSA) is 41.1 Å². The van der Waals surface area contributed by atoms with Crippen molar-refractivity contribution >= 4 is 11.8 Å². The largest absolute Gasteiger partial charge is 0.352 e. The highest BCUT2D eigenvalue weighted by Gasteiger charge is 2.32. The van der Waals surface area contributed by atoms with Gasteiger partial charge in [-0.05, 0) is 30.4 Å². The highest BCUT2D eigenvalue weighted by atomic mass is 15.2. The molecule has 3 rings (SSSR count). The quantitative estimate of drug-likeness (QED) is 0.812. The molecule has 0 bridgehead atoms. The second kappa shape index (κ2) is 7.26. The lowest BCUT2D eigenvalue weighted by atomic mass is 9.78. The van der Waals surface area contributed by atoms with Crippen molar-refractivity contribution in [3.63, 3.8) is 0 Å². The molecule has 0 spiro atoms. The maximum absolute atomic E-state index is 4.87. The Bertz CT molecular complexity index is 766. The minimum atomic E-state index is 0.0993. The van der Waals surface area contributed by atoms with Crippen LogP contribution >= 0.6 is 0 Å². The zero-order valence-corrected chi connectivity index (χ0v) is 17.0. The molecule has 0 radical (unpaired) electrons. The number of hydrogen-bond donors (Lipinski definition) is 1. The lowest BCUT2D eigenvalue weighted by Crippen LogP contribution is -2.42. The summed E-state index contributed by atoms with van der Waals surface area (Å²) in [6, 6.07) is 11.3. The van der Waals surface area contributed by atoms with Crippen LogP contribution in [0.15, 0.2) is 30.3 Å². The minimum Gasteiger partial charge on any atom is -0.352 e. The second-order valence-electron chi connectivity index (χ2n) is 8.48. The van der Waals surface area contributed by atoms with Gasteiger partial charge >= 0.3 is 0 Å². The average molecular weight is 353 g/mol. The van der Waals surface area contributed by atoms with Crippen LogP contribution < -0.4 is 10.2 Å². The maximum atomic E-state index is 4.87. The molecular formula is C22H32N4. The highest BCUT2D eigenvalue weighted by molar-refractivity contribution is 5.51. The van der Waals surface area contributed by atoms with Crippen LogP contribution in [-0.2, 0) is 12.0 Å². The molecule has 0 amide bonds. The monoisotopic (exact) mass is 352 g/mol. The molecule has 26 heavy (non-hydrogen) atoms. The summed E-state index contributed by atoms with van der Waals surface area (Å²) >= 11 is 0.